The molecule has 0 aromatic heterocycles. The molecule has 0 spiro atoms. The van der Waals surface area contributed by atoms with Crippen LogP contribution in [-0.4, -0.2) is 29.8 Å². The Morgan fingerprint density at radius 3 is 2.52 bits per heavy atom. The first kappa shape index (κ1) is 21.5. The van der Waals surface area contributed by atoms with Crippen molar-refractivity contribution in [1.29, 1.82) is 0 Å². The van der Waals surface area contributed by atoms with E-state index in [1.807, 2.05) is 0 Å². The lowest BCUT2D eigenvalue weighted by molar-refractivity contribution is 0.0728. The molecule has 7 nitrogen and oxygen atoms in total. The third kappa shape index (κ3) is 5.66. The lowest BCUT2D eigenvalue weighted by Gasteiger charge is -2.11. The molecule has 158 valence electrons. The monoisotopic (exact) mass is 422 g/mol. The second kappa shape index (κ2) is 10.0. The van der Waals surface area contributed by atoms with Crippen molar-refractivity contribution in [1.82, 2.24) is 5.43 Å². The van der Waals surface area contributed by atoms with Crippen LogP contribution in [-0.2, 0) is 0 Å². The van der Waals surface area contributed by atoms with Crippen molar-refractivity contribution >= 4 is 18.1 Å². The van der Waals surface area contributed by atoms with Crippen LogP contribution in [0.3, 0.4) is 0 Å². The van der Waals surface area contributed by atoms with Crippen LogP contribution in [0.15, 0.2) is 71.8 Å². The van der Waals surface area contributed by atoms with Crippen molar-refractivity contribution in [3.05, 3.63) is 89.2 Å². The standard InChI is InChI=1S/C23H19FN2O5/c1-2-30-21-13-15(14-25-26-22(28)18-5-3-4-6-19(18)27)7-12-20(21)31-23(29)16-8-10-17(24)11-9-16/h3-14,27H,2H2,1H3,(H,26,28)/b25-14+. The Labute approximate surface area is 177 Å². The summed E-state index contributed by atoms with van der Waals surface area (Å²) >= 11 is 0. The quantitative estimate of drug-likeness (QED) is 0.260. The molecule has 0 fully saturated rings. The van der Waals surface area contributed by atoms with Crippen molar-refractivity contribution in [2.75, 3.05) is 6.61 Å². The SMILES string of the molecule is CCOc1cc(/C=N/NC(=O)c2ccccc2O)ccc1OC(=O)c1ccc(F)cc1. The highest BCUT2D eigenvalue weighted by atomic mass is 19.1. The van der Waals surface area contributed by atoms with E-state index in [0.29, 0.717) is 17.9 Å². The fraction of sp³-hybridized carbons (Fsp3) is 0.0870. The number of amides is 1. The number of carbonyl (C=O) groups is 2. The first-order chi connectivity index (χ1) is 15.0. The normalized spacial score (nSPS) is 10.6. The number of ether oxygens (including phenoxy) is 2. The second-order valence-corrected chi connectivity index (χ2v) is 6.25. The predicted molar refractivity (Wildman–Crippen MR) is 112 cm³/mol. The molecule has 0 saturated carbocycles. The molecule has 0 aliphatic heterocycles. The van der Waals surface area contributed by atoms with E-state index >= 15 is 0 Å². The van der Waals surface area contributed by atoms with Crippen molar-refractivity contribution in [2.45, 2.75) is 6.92 Å². The van der Waals surface area contributed by atoms with Crippen LogP contribution >= 0.6 is 0 Å². The second-order valence-electron chi connectivity index (χ2n) is 6.25. The Hall–Kier alpha value is -4.20. The molecule has 0 radical (unpaired) electrons. The van der Waals surface area contributed by atoms with Gasteiger partial charge in [-0.2, -0.15) is 5.10 Å². The van der Waals surface area contributed by atoms with Gasteiger partial charge in [-0.05, 0) is 67.1 Å². The molecule has 8 heteroatoms. The summed E-state index contributed by atoms with van der Waals surface area (Å²) in [4.78, 5) is 24.3. The average molecular weight is 422 g/mol. The van der Waals surface area contributed by atoms with E-state index in [9.17, 15) is 19.1 Å². The zero-order valence-corrected chi connectivity index (χ0v) is 16.5. The maximum Gasteiger partial charge on any atom is 0.343 e. The maximum atomic E-state index is 13.0. The summed E-state index contributed by atoms with van der Waals surface area (Å²) in [7, 11) is 0. The number of nitrogens with zero attached hydrogens (tertiary/aromatic N) is 1. The first-order valence-electron chi connectivity index (χ1n) is 9.34. The highest BCUT2D eigenvalue weighted by Crippen LogP contribution is 2.29. The lowest BCUT2D eigenvalue weighted by Crippen LogP contribution is -2.17. The first-order valence-corrected chi connectivity index (χ1v) is 9.34. The lowest BCUT2D eigenvalue weighted by atomic mass is 10.2. The number of halogens is 1. The molecule has 1 amide bonds. The number of hydrazone groups is 1. The van der Waals surface area contributed by atoms with E-state index in [0.717, 1.165) is 0 Å². The molecule has 3 aromatic carbocycles. The van der Waals surface area contributed by atoms with Crippen LogP contribution in [0.1, 0.15) is 33.2 Å². The van der Waals surface area contributed by atoms with Gasteiger partial charge in [-0.25, -0.2) is 14.6 Å². The molecular weight excluding hydrogens is 403 g/mol. The topological polar surface area (TPSA) is 97.2 Å². The highest BCUT2D eigenvalue weighted by molar-refractivity contribution is 5.97. The summed E-state index contributed by atoms with van der Waals surface area (Å²) in [5.41, 5.74) is 3.19. The van der Waals surface area contributed by atoms with Gasteiger partial charge in [0, 0.05) is 0 Å². The third-order valence-electron chi connectivity index (χ3n) is 4.08. The summed E-state index contributed by atoms with van der Waals surface area (Å²) in [6, 6.07) is 15.8. The summed E-state index contributed by atoms with van der Waals surface area (Å²) in [6.07, 6.45) is 1.38. The van der Waals surface area contributed by atoms with Crippen LogP contribution in [0.2, 0.25) is 0 Å². The van der Waals surface area contributed by atoms with Gasteiger partial charge in [0.15, 0.2) is 11.5 Å². The Morgan fingerprint density at radius 2 is 1.81 bits per heavy atom. The molecule has 0 saturated heterocycles. The van der Waals surface area contributed by atoms with Crippen LogP contribution in [0, 0.1) is 5.82 Å². The fourth-order valence-electron chi connectivity index (χ4n) is 2.59. The molecule has 0 unspecified atom stereocenters. The predicted octanol–water partition coefficient (Wildman–Crippen LogP) is 3.91. The minimum absolute atomic E-state index is 0.0951. The number of nitrogens with one attached hydrogen (secondary N) is 1. The summed E-state index contributed by atoms with van der Waals surface area (Å²) in [5.74, 6) is -1.34. The molecule has 0 heterocycles. The van der Waals surface area contributed by atoms with Gasteiger partial charge in [0.05, 0.1) is 23.9 Å². The van der Waals surface area contributed by atoms with Gasteiger partial charge < -0.3 is 14.6 Å². The van der Waals surface area contributed by atoms with Gasteiger partial charge in [-0.1, -0.05) is 12.1 Å². The molecule has 2 N–H and O–H groups in total. The summed E-state index contributed by atoms with van der Waals surface area (Å²) in [6.45, 7) is 2.10. The van der Waals surface area contributed by atoms with E-state index in [2.05, 4.69) is 10.5 Å². The number of aromatic hydroxyl groups is 1. The number of benzene rings is 3. The van der Waals surface area contributed by atoms with Crippen molar-refractivity contribution in [2.24, 2.45) is 5.10 Å². The number of rotatable bonds is 7. The van der Waals surface area contributed by atoms with Gasteiger partial charge in [0.2, 0.25) is 0 Å². The van der Waals surface area contributed by atoms with E-state index in [1.54, 1.807) is 31.2 Å². The van der Waals surface area contributed by atoms with Gasteiger partial charge in [0.25, 0.3) is 5.91 Å². The molecule has 0 aliphatic carbocycles. The number of esters is 1. The molecule has 31 heavy (non-hydrogen) atoms. The summed E-state index contributed by atoms with van der Waals surface area (Å²) in [5, 5.41) is 13.6. The molecule has 3 rings (SSSR count). The van der Waals surface area contributed by atoms with Crippen molar-refractivity contribution in [3.63, 3.8) is 0 Å². The fourth-order valence-corrected chi connectivity index (χ4v) is 2.59. The molecular formula is C23H19FN2O5. The van der Waals surface area contributed by atoms with Gasteiger partial charge in [-0.3, -0.25) is 4.79 Å². The molecule has 0 atom stereocenters. The van der Waals surface area contributed by atoms with Gasteiger partial charge in [0.1, 0.15) is 11.6 Å². The van der Waals surface area contributed by atoms with Crippen LogP contribution in [0.5, 0.6) is 17.2 Å². The zero-order chi connectivity index (χ0) is 22.2. The molecule has 0 aliphatic rings. The zero-order valence-electron chi connectivity index (χ0n) is 16.5. The van der Waals surface area contributed by atoms with E-state index in [1.165, 1.54) is 48.7 Å². The van der Waals surface area contributed by atoms with Crippen LogP contribution in [0.25, 0.3) is 0 Å². The Bertz CT molecular complexity index is 1110. The van der Waals surface area contributed by atoms with Crippen molar-refractivity contribution in [3.8, 4) is 17.2 Å². The minimum Gasteiger partial charge on any atom is -0.507 e. The van der Waals surface area contributed by atoms with Gasteiger partial charge in [-0.15, -0.1) is 0 Å². The average Bonchev–Trinajstić information content (AvgIpc) is 2.76. The third-order valence-corrected chi connectivity index (χ3v) is 4.08. The molecule has 0 bridgehead atoms. The van der Waals surface area contributed by atoms with Crippen LogP contribution in [0.4, 0.5) is 4.39 Å². The largest absolute Gasteiger partial charge is 0.507 e. The van der Waals surface area contributed by atoms with E-state index < -0.39 is 17.7 Å². The van der Waals surface area contributed by atoms with Crippen LogP contribution < -0.4 is 14.9 Å². The Kier molecular flexibility index (Phi) is 6.95. The van der Waals surface area contributed by atoms with Crippen molar-refractivity contribution < 1.29 is 28.6 Å². The maximum absolute atomic E-state index is 13.0. The minimum atomic E-state index is -0.655. The number of para-hydroxylation sites is 1. The summed E-state index contributed by atoms with van der Waals surface area (Å²) < 4.78 is 23.9. The molecule has 3 aromatic rings. The highest BCUT2D eigenvalue weighted by Gasteiger charge is 2.14. The van der Waals surface area contributed by atoms with E-state index in [4.69, 9.17) is 9.47 Å². The number of hydrogen-bond donors (Lipinski definition) is 2. The smallest absolute Gasteiger partial charge is 0.343 e. The van der Waals surface area contributed by atoms with Gasteiger partial charge >= 0.3 is 5.97 Å². The Morgan fingerprint density at radius 1 is 1.06 bits per heavy atom. The Balaban J connectivity index is 1.71. The van der Waals surface area contributed by atoms with E-state index in [-0.39, 0.29) is 22.6 Å². The number of hydrogen-bond acceptors (Lipinski definition) is 6. The number of carbonyl (C=O) groups excluding carboxylic acids is 2. The number of phenolic OH excluding ortho intramolecular Hbond substituents is 1. The number of phenols is 1.